The largest absolute Gasteiger partial charge is 0.477 e. The van der Waals surface area contributed by atoms with E-state index in [2.05, 4.69) is 4.98 Å². The fourth-order valence-electron chi connectivity index (χ4n) is 1.93. The zero-order valence-electron chi connectivity index (χ0n) is 12.4. The molecule has 1 aromatic carbocycles. The van der Waals surface area contributed by atoms with Crippen LogP contribution in [0.15, 0.2) is 36.4 Å². The van der Waals surface area contributed by atoms with E-state index in [0.29, 0.717) is 11.3 Å². The smallest absolute Gasteiger partial charge is 0.406 e. The molecule has 0 saturated heterocycles. The molecule has 6 heteroatoms. The van der Waals surface area contributed by atoms with Gasteiger partial charge in [-0.15, -0.1) is 0 Å². The monoisotopic (exact) mass is 300 g/mol. The van der Waals surface area contributed by atoms with Crippen molar-refractivity contribution in [3.05, 3.63) is 63.3 Å². The maximum absolute atomic E-state index is 12.1. The highest BCUT2D eigenvalue weighted by Crippen LogP contribution is 2.24. The van der Waals surface area contributed by atoms with Crippen LogP contribution >= 0.6 is 0 Å². The maximum atomic E-state index is 12.1. The first-order valence-corrected chi connectivity index (χ1v) is 6.88. The van der Waals surface area contributed by atoms with Gasteiger partial charge in [0.05, 0.1) is 0 Å². The zero-order valence-corrected chi connectivity index (χ0v) is 12.4. The molecule has 0 atom stereocenters. The number of ketones is 1. The van der Waals surface area contributed by atoms with Crippen molar-refractivity contribution in [2.75, 3.05) is 6.61 Å². The van der Waals surface area contributed by atoms with Crippen LogP contribution in [0.5, 0.6) is 5.75 Å². The second-order valence-electron chi connectivity index (χ2n) is 4.79. The standard InChI is InChI=1S/C16H16N2O4/c1-3-12-5-7-13(8-6-12)14(19)10-22-15-9-4-11(2)17-16(15)18(20)21/h4-9H,3,10H2,1-2H3. The van der Waals surface area contributed by atoms with Crippen LogP contribution in [0, 0.1) is 17.0 Å². The summed E-state index contributed by atoms with van der Waals surface area (Å²) in [6, 6.07) is 10.3. The van der Waals surface area contributed by atoms with E-state index < -0.39 is 4.92 Å². The summed E-state index contributed by atoms with van der Waals surface area (Å²) in [5.41, 5.74) is 2.16. The molecule has 22 heavy (non-hydrogen) atoms. The molecule has 0 bridgehead atoms. The quantitative estimate of drug-likeness (QED) is 0.465. The van der Waals surface area contributed by atoms with Crippen molar-refractivity contribution in [3.63, 3.8) is 0 Å². The highest BCUT2D eigenvalue weighted by Gasteiger charge is 2.18. The molecule has 0 unspecified atom stereocenters. The first-order valence-electron chi connectivity index (χ1n) is 6.88. The van der Waals surface area contributed by atoms with Crippen LogP contribution in [-0.4, -0.2) is 22.3 Å². The van der Waals surface area contributed by atoms with E-state index in [-0.39, 0.29) is 24.0 Å². The van der Waals surface area contributed by atoms with Crippen LogP contribution in [0.3, 0.4) is 0 Å². The van der Waals surface area contributed by atoms with E-state index in [1.54, 1.807) is 25.1 Å². The van der Waals surface area contributed by atoms with Gasteiger partial charge in [0.2, 0.25) is 5.75 Å². The maximum Gasteiger partial charge on any atom is 0.406 e. The van der Waals surface area contributed by atoms with Crippen LogP contribution in [0.25, 0.3) is 0 Å². The number of benzene rings is 1. The molecular weight excluding hydrogens is 284 g/mol. The van der Waals surface area contributed by atoms with Gasteiger partial charge in [-0.2, -0.15) is 0 Å². The average Bonchev–Trinajstić information content (AvgIpc) is 2.53. The summed E-state index contributed by atoms with van der Waals surface area (Å²) < 4.78 is 5.27. The summed E-state index contributed by atoms with van der Waals surface area (Å²) in [5.74, 6) is -0.624. The molecule has 0 aliphatic heterocycles. The number of aromatic nitrogens is 1. The van der Waals surface area contributed by atoms with Crippen molar-refractivity contribution in [2.24, 2.45) is 0 Å². The number of carbonyl (C=O) groups is 1. The highest BCUT2D eigenvalue weighted by molar-refractivity contribution is 5.97. The van der Waals surface area contributed by atoms with Crippen LogP contribution in [0.2, 0.25) is 0 Å². The topological polar surface area (TPSA) is 82.3 Å². The zero-order chi connectivity index (χ0) is 16.1. The third-order valence-electron chi connectivity index (χ3n) is 3.19. The number of ether oxygens (including phenoxy) is 1. The summed E-state index contributed by atoms with van der Waals surface area (Å²) in [4.78, 5) is 26.2. The Bertz CT molecular complexity index is 696. The lowest BCUT2D eigenvalue weighted by molar-refractivity contribution is -0.390. The molecule has 1 aromatic heterocycles. The third-order valence-corrected chi connectivity index (χ3v) is 3.19. The minimum absolute atomic E-state index is 0.00544. The summed E-state index contributed by atoms with van der Waals surface area (Å²) in [5, 5.41) is 10.9. The SMILES string of the molecule is CCc1ccc(C(=O)COc2ccc(C)nc2[N+](=O)[O-])cc1. The van der Waals surface area contributed by atoms with Gasteiger partial charge in [-0.25, -0.2) is 0 Å². The van der Waals surface area contributed by atoms with Crippen LogP contribution < -0.4 is 4.74 Å². The van der Waals surface area contributed by atoms with E-state index in [1.165, 1.54) is 6.07 Å². The van der Waals surface area contributed by atoms with Crippen molar-refractivity contribution < 1.29 is 14.5 Å². The van der Waals surface area contributed by atoms with Gasteiger partial charge in [0.25, 0.3) is 0 Å². The Morgan fingerprint density at radius 2 is 1.91 bits per heavy atom. The third kappa shape index (κ3) is 3.66. The number of Topliss-reactive ketones (excluding diaryl/α,β-unsaturated/α-hetero) is 1. The molecule has 1 heterocycles. The Morgan fingerprint density at radius 3 is 2.50 bits per heavy atom. The van der Waals surface area contributed by atoms with Gasteiger partial charge in [-0.05, 0) is 34.0 Å². The van der Waals surface area contributed by atoms with Gasteiger partial charge in [0, 0.05) is 12.5 Å². The minimum atomic E-state index is -0.622. The fraction of sp³-hybridized carbons (Fsp3) is 0.250. The fourth-order valence-corrected chi connectivity index (χ4v) is 1.93. The van der Waals surface area contributed by atoms with Crippen molar-refractivity contribution >= 4 is 11.6 Å². The molecule has 0 N–H and O–H groups in total. The van der Waals surface area contributed by atoms with Crippen molar-refractivity contribution in [2.45, 2.75) is 20.3 Å². The van der Waals surface area contributed by atoms with Gasteiger partial charge in [-0.1, -0.05) is 31.2 Å². The predicted octanol–water partition coefficient (Wildman–Crippen LogP) is 3.12. The second kappa shape index (κ2) is 6.80. The lowest BCUT2D eigenvalue weighted by Crippen LogP contribution is -2.12. The molecular formula is C16H16N2O4. The Morgan fingerprint density at radius 1 is 1.23 bits per heavy atom. The molecule has 0 aliphatic rings. The molecule has 0 saturated carbocycles. The van der Waals surface area contributed by atoms with E-state index in [0.717, 1.165) is 12.0 Å². The van der Waals surface area contributed by atoms with Crippen molar-refractivity contribution in [1.29, 1.82) is 0 Å². The first kappa shape index (κ1) is 15.6. The second-order valence-corrected chi connectivity index (χ2v) is 4.79. The molecule has 2 aromatic rings. The summed E-state index contributed by atoms with van der Waals surface area (Å²) in [6.07, 6.45) is 0.895. The highest BCUT2D eigenvalue weighted by atomic mass is 16.6. The molecule has 6 nitrogen and oxygen atoms in total. The Hall–Kier alpha value is -2.76. The number of nitrogens with zero attached hydrogens (tertiary/aromatic N) is 2. The van der Waals surface area contributed by atoms with Gasteiger partial charge in [-0.3, -0.25) is 4.79 Å². The number of rotatable bonds is 6. The summed E-state index contributed by atoms with van der Waals surface area (Å²) in [6.45, 7) is 3.41. The molecule has 114 valence electrons. The molecule has 0 amide bonds. The number of aryl methyl sites for hydroxylation is 2. The first-order chi connectivity index (χ1) is 10.5. The number of hydrogen-bond acceptors (Lipinski definition) is 5. The van der Waals surface area contributed by atoms with Crippen molar-refractivity contribution in [1.82, 2.24) is 4.98 Å². The van der Waals surface area contributed by atoms with E-state index in [1.807, 2.05) is 19.1 Å². The van der Waals surface area contributed by atoms with E-state index in [9.17, 15) is 14.9 Å². The molecule has 0 spiro atoms. The molecule has 0 radical (unpaired) electrons. The van der Waals surface area contributed by atoms with Crippen LogP contribution in [0.4, 0.5) is 5.82 Å². The normalized spacial score (nSPS) is 10.3. The Kier molecular flexibility index (Phi) is 4.83. The Labute approximate surface area is 127 Å². The summed E-state index contributed by atoms with van der Waals surface area (Å²) in [7, 11) is 0. The van der Waals surface area contributed by atoms with E-state index >= 15 is 0 Å². The molecule has 0 fully saturated rings. The van der Waals surface area contributed by atoms with Gasteiger partial charge < -0.3 is 14.9 Å². The van der Waals surface area contributed by atoms with E-state index in [4.69, 9.17) is 4.74 Å². The van der Waals surface area contributed by atoms with Gasteiger partial charge in [0.15, 0.2) is 12.4 Å². The van der Waals surface area contributed by atoms with Crippen LogP contribution in [0.1, 0.15) is 28.5 Å². The molecule has 0 aliphatic carbocycles. The summed E-state index contributed by atoms with van der Waals surface area (Å²) >= 11 is 0. The lowest BCUT2D eigenvalue weighted by atomic mass is 10.1. The number of pyridine rings is 1. The predicted molar refractivity (Wildman–Crippen MR) is 81.3 cm³/mol. The van der Waals surface area contributed by atoms with Gasteiger partial charge in [0.1, 0.15) is 5.69 Å². The molecule has 2 rings (SSSR count). The Balaban J connectivity index is 2.09. The number of hydrogen-bond donors (Lipinski definition) is 0. The van der Waals surface area contributed by atoms with Crippen LogP contribution in [-0.2, 0) is 6.42 Å². The van der Waals surface area contributed by atoms with Gasteiger partial charge >= 0.3 is 5.82 Å². The number of carbonyl (C=O) groups excluding carboxylic acids is 1. The van der Waals surface area contributed by atoms with Crippen molar-refractivity contribution in [3.8, 4) is 5.75 Å². The number of nitro groups is 1. The average molecular weight is 300 g/mol. The minimum Gasteiger partial charge on any atom is -0.477 e. The lowest BCUT2D eigenvalue weighted by Gasteiger charge is -2.06.